The summed E-state index contributed by atoms with van der Waals surface area (Å²) >= 11 is 0. The van der Waals surface area contributed by atoms with Gasteiger partial charge < -0.3 is 15.2 Å². The summed E-state index contributed by atoms with van der Waals surface area (Å²) in [6.07, 6.45) is -0.946. The van der Waals surface area contributed by atoms with Crippen LogP contribution in [0.25, 0.3) is 0 Å². The number of amides is 1. The molecule has 0 spiro atoms. The molecular weight excluding hydrogens is 174 g/mol. The summed E-state index contributed by atoms with van der Waals surface area (Å²) in [5.74, 6) is -1.37. The van der Waals surface area contributed by atoms with Gasteiger partial charge in [-0.15, -0.1) is 0 Å². The number of nitrogens with one attached hydrogen (secondary N) is 1. The van der Waals surface area contributed by atoms with Crippen LogP contribution < -0.4 is 5.32 Å². The van der Waals surface area contributed by atoms with Crippen LogP contribution in [0.5, 0.6) is 0 Å². The minimum Gasteiger partial charge on any atom is -0.479 e. The first-order valence-corrected chi connectivity index (χ1v) is 4.07. The van der Waals surface area contributed by atoms with E-state index in [9.17, 15) is 9.59 Å². The Labute approximate surface area is 77.1 Å². The summed E-state index contributed by atoms with van der Waals surface area (Å²) in [4.78, 5) is 21.2. The van der Waals surface area contributed by atoms with E-state index < -0.39 is 12.1 Å². The summed E-state index contributed by atoms with van der Waals surface area (Å²) in [5.41, 5.74) is 0. The van der Waals surface area contributed by atoms with Gasteiger partial charge in [-0.2, -0.15) is 0 Å². The molecule has 5 nitrogen and oxygen atoms in total. The third kappa shape index (κ3) is 6.10. The predicted octanol–water partition coefficient (Wildman–Crippen LogP) is 0.000700. The van der Waals surface area contributed by atoms with Gasteiger partial charge in [0.05, 0.1) is 0 Å². The van der Waals surface area contributed by atoms with Crippen LogP contribution in [0, 0.1) is 0 Å². The van der Waals surface area contributed by atoms with E-state index in [1.54, 1.807) is 0 Å². The number of carboxylic acid groups (broad SMARTS) is 1. The third-order valence-corrected chi connectivity index (χ3v) is 1.26. The molecule has 0 saturated carbocycles. The minimum atomic E-state index is -1.07. The van der Waals surface area contributed by atoms with E-state index in [1.165, 1.54) is 6.92 Å². The van der Waals surface area contributed by atoms with Gasteiger partial charge in [-0.25, -0.2) is 4.79 Å². The number of carbonyl (C=O) groups is 2. The van der Waals surface area contributed by atoms with Gasteiger partial charge in [0.15, 0.2) is 6.10 Å². The molecule has 76 valence electrons. The molecule has 0 rings (SSSR count). The van der Waals surface area contributed by atoms with Crippen molar-refractivity contribution in [3.05, 3.63) is 0 Å². The maximum atomic E-state index is 11.0. The lowest BCUT2D eigenvalue weighted by Crippen LogP contribution is -2.35. The van der Waals surface area contributed by atoms with Crippen LogP contribution in [0.4, 0.5) is 0 Å². The van der Waals surface area contributed by atoms with Gasteiger partial charge in [-0.3, -0.25) is 4.79 Å². The highest BCUT2D eigenvalue weighted by molar-refractivity contribution is 5.78. The zero-order chi connectivity index (χ0) is 10.4. The molecule has 0 aromatic rings. The molecule has 0 saturated heterocycles. The van der Waals surface area contributed by atoms with Crippen molar-refractivity contribution in [1.29, 1.82) is 0 Å². The fourth-order valence-electron chi connectivity index (χ4n) is 0.636. The smallest absolute Gasteiger partial charge is 0.332 e. The number of hydrogen-bond acceptors (Lipinski definition) is 3. The van der Waals surface area contributed by atoms with Crippen molar-refractivity contribution in [1.82, 2.24) is 5.32 Å². The number of rotatable bonds is 5. The maximum Gasteiger partial charge on any atom is 0.332 e. The molecule has 0 unspecified atom stereocenters. The van der Waals surface area contributed by atoms with Crippen molar-refractivity contribution in [2.24, 2.45) is 0 Å². The van der Waals surface area contributed by atoms with Gasteiger partial charge in [-0.1, -0.05) is 0 Å². The minimum absolute atomic E-state index is 0.0382. The Morgan fingerprint density at radius 2 is 1.92 bits per heavy atom. The molecule has 0 aliphatic carbocycles. The Hall–Kier alpha value is -1.10. The summed E-state index contributed by atoms with van der Waals surface area (Å²) < 4.78 is 4.75. The largest absolute Gasteiger partial charge is 0.479 e. The molecule has 0 aliphatic rings. The second-order valence-corrected chi connectivity index (χ2v) is 3.01. The van der Waals surface area contributed by atoms with E-state index in [0.717, 1.165) is 0 Å². The lowest BCUT2D eigenvalue weighted by Gasteiger charge is -2.10. The molecule has 0 aromatic carbocycles. The summed E-state index contributed by atoms with van der Waals surface area (Å²) in [5, 5.41) is 11.0. The fourth-order valence-corrected chi connectivity index (χ4v) is 0.636. The number of ether oxygens (including phenoxy) is 1. The third-order valence-electron chi connectivity index (χ3n) is 1.26. The molecular formula is C8H15NO4. The second-order valence-electron chi connectivity index (χ2n) is 3.01. The Bertz CT molecular complexity index is 191. The molecule has 0 aliphatic heterocycles. The fraction of sp³-hybridized carbons (Fsp3) is 0.750. The number of hydrogen-bond donors (Lipinski definition) is 2. The second kappa shape index (κ2) is 5.53. The Morgan fingerprint density at radius 1 is 1.38 bits per heavy atom. The van der Waals surface area contributed by atoms with Crippen LogP contribution in [0.2, 0.25) is 0 Å². The van der Waals surface area contributed by atoms with E-state index in [0.29, 0.717) is 0 Å². The Morgan fingerprint density at radius 3 is 2.31 bits per heavy atom. The summed E-state index contributed by atoms with van der Waals surface area (Å²) in [6, 6.07) is 0.0382. The molecule has 1 atom stereocenters. The van der Waals surface area contributed by atoms with Crippen LogP contribution in [0.3, 0.4) is 0 Å². The van der Waals surface area contributed by atoms with Crippen LogP contribution >= 0.6 is 0 Å². The van der Waals surface area contributed by atoms with Crippen LogP contribution in [-0.4, -0.2) is 35.7 Å². The first-order chi connectivity index (χ1) is 5.93. The molecule has 2 N–H and O–H groups in total. The van der Waals surface area contributed by atoms with Gasteiger partial charge in [-0.05, 0) is 20.8 Å². The van der Waals surface area contributed by atoms with Gasteiger partial charge in [0.1, 0.15) is 6.61 Å². The topological polar surface area (TPSA) is 75.6 Å². The van der Waals surface area contributed by atoms with Crippen molar-refractivity contribution < 1.29 is 19.4 Å². The molecule has 1 amide bonds. The van der Waals surface area contributed by atoms with E-state index in [1.807, 2.05) is 13.8 Å². The summed E-state index contributed by atoms with van der Waals surface area (Å²) in [7, 11) is 0. The van der Waals surface area contributed by atoms with E-state index in [4.69, 9.17) is 9.84 Å². The number of carboxylic acids is 1. The van der Waals surface area contributed by atoms with Crippen molar-refractivity contribution in [3.8, 4) is 0 Å². The highest BCUT2D eigenvalue weighted by Crippen LogP contribution is 1.90. The Balaban J connectivity index is 3.64. The van der Waals surface area contributed by atoms with Crippen LogP contribution in [0.15, 0.2) is 0 Å². The first kappa shape index (κ1) is 11.9. The van der Waals surface area contributed by atoms with Crippen molar-refractivity contribution >= 4 is 11.9 Å². The van der Waals surface area contributed by atoms with Gasteiger partial charge in [0, 0.05) is 6.04 Å². The maximum absolute atomic E-state index is 11.0. The zero-order valence-electron chi connectivity index (χ0n) is 8.03. The highest BCUT2D eigenvalue weighted by atomic mass is 16.5. The van der Waals surface area contributed by atoms with E-state index in [-0.39, 0.29) is 18.6 Å². The molecule has 0 heterocycles. The molecule has 13 heavy (non-hydrogen) atoms. The highest BCUT2D eigenvalue weighted by Gasteiger charge is 2.13. The molecule has 0 aromatic heterocycles. The SMILES string of the molecule is CC(C)NC(=O)CO[C@@H](C)C(=O)O. The normalized spacial score (nSPS) is 12.6. The standard InChI is InChI=1S/C8H15NO4/c1-5(2)9-7(10)4-13-6(3)8(11)12/h5-6H,4H2,1-3H3,(H,9,10)(H,11,12)/t6-/m0/s1. The van der Waals surface area contributed by atoms with Crippen molar-refractivity contribution in [2.75, 3.05) is 6.61 Å². The first-order valence-electron chi connectivity index (χ1n) is 4.07. The average molecular weight is 189 g/mol. The number of carbonyl (C=O) groups excluding carboxylic acids is 1. The van der Waals surface area contributed by atoms with Gasteiger partial charge in [0.25, 0.3) is 0 Å². The van der Waals surface area contributed by atoms with Crippen molar-refractivity contribution in [3.63, 3.8) is 0 Å². The quantitative estimate of drug-likeness (QED) is 0.638. The van der Waals surface area contributed by atoms with Crippen molar-refractivity contribution in [2.45, 2.75) is 32.9 Å². The lowest BCUT2D eigenvalue weighted by molar-refractivity contribution is -0.150. The summed E-state index contributed by atoms with van der Waals surface area (Å²) in [6.45, 7) is 4.80. The van der Waals surface area contributed by atoms with Crippen LogP contribution in [0.1, 0.15) is 20.8 Å². The van der Waals surface area contributed by atoms with E-state index in [2.05, 4.69) is 5.32 Å². The van der Waals surface area contributed by atoms with Crippen LogP contribution in [-0.2, 0) is 14.3 Å². The molecule has 0 bridgehead atoms. The Kier molecular flexibility index (Phi) is 5.06. The monoisotopic (exact) mass is 189 g/mol. The van der Waals surface area contributed by atoms with Gasteiger partial charge >= 0.3 is 5.97 Å². The van der Waals surface area contributed by atoms with Gasteiger partial charge in [0.2, 0.25) is 5.91 Å². The molecule has 5 heteroatoms. The average Bonchev–Trinajstić information content (AvgIpc) is 1.98. The zero-order valence-corrected chi connectivity index (χ0v) is 8.03. The number of aliphatic carboxylic acids is 1. The molecule has 0 radical (unpaired) electrons. The molecule has 0 fully saturated rings. The predicted molar refractivity (Wildman–Crippen MR) is 46.3 cm³/mol. The van der Waals surface area contributed by atoms with E-state index >= 15 is 0 Å². The lowest BCUT2D eigenvalue weighted by atomic mass is 10.4.